The monoisotopic (exact) mass is 378 g/mol. The number of carboxylic acids is 1. The van der Waals surface area contributed by atoms with E-state index in [2.05, 4.69) is 0 Å². The third-order valence-electron chi connectivity index (χ3n) is 4.14. The van der Waals surface area contributed by atoms with Gasteiger partial charge in [-0.05, 0) is 25.1 Å². The minimum Gasteiger partial charge on any atom is -0.479 e. The van der Waals surface area contributed by atoms with E-state index in [0.717, 1.165) is 9.54 Å². The quantitative estimate of drug-likeness (QED) is 0.849. The molecule has 1 atom stereocenters. The van der Waals surface area contributed by atoms with Crippen molar-refractivity contribution in [2.75, 3.05) is 19.7 Å². The van der Waals surface area contributed by atoms with Crippen LogP contribution in [0, 0.1) is 6.92 Å². The number of aliphatic carboxylic acids is 1. The Balaban J connectivity index is 1.82. The molecule has 1 N–H and O–H groups in total. The lowest BCUT2D eigenvalue weighted by atomic mass is 10.2. The molecule has 1 aromatic heterocycles. The smallest absolute Gasteiger partial charge is 0.334 e. The van der Waals surface area contributed by atoms with Gasteiger partial charge in [0.15, 0.2) is 6.10 Å². The van der Waals surface area contributed by atoms with Crippen LogP contribution in [0.1, 0.15) is 15.9 Å². The highest BCUT2D eigenvalue weighted by Gasteiger charge is 2.30. The zero-order chi connectivity index (χ0) is 18.9. The van der Waals surface area contributed by atoms with Crippen molar-refractivity contribution < 1.29 is 27.9 Å². The number of carboxylic acid groups (broad SMARTS) is 1. The molecule has 0 spiro atoms. The number of aromatic nitrogens is 1. The molecule has 8 nitrogen and oxygen atoms in total. The average molecular weight is 378 g/mol. The summed E-state index contributed by atoms with van der Waals surface area (Å²) >= 11 is 0. The van der Waals surface area contributed by atoms with Crippen LogP contribution in [0.25, 0.3) is 0 Å². The van der Waals surface area contributed by atoms with Crippen molar-refractivity contribution in [1.82, 2.24) is 8.87 Å². The molecular formula is C17H18N2O6S. The minimum atomic E-state index is -3.80. The third-order valence-corrected chi connectivity index (χ3v) is 5.79. The van der Waals surface area contributed by atoms with Crippen LogP contribution in [0.2, 0.25) is 0 Å². The van der Waals surface area contributed by atoms with Gasteiger partial charge in [0.25, 0.3) is 15.9 Å². The number of ether oxygens (including phenoxy) is 1. The van der Waals surface area contributed by atoms with Gasteiger partial charge >= 0.3 is 5.97 Å². The Bertz CT molecular complexity index is 932. The van der Waals surface area contributed by atoms with Crippen molar-refractivity contribution in [2.24, 2.45) is 0 Å². The fourth-order valence-electron chi connectivity index (χ4n) is 2.65. The standard InChI is InChI=1S/C17H18N2O6S/c1-12-2-4-14(5-3-12)26(23,24)19-7-6-13(10-19)16(20)18-8-9-25-15(11-18)17(21)22/h2-7,10,15H,8-9,11H2,1H3,(H,21,22). The molecule has 26 heavy (non-hydrogen) atoms. The van der Waals surface area contributed by atoms with E-state index in [1.54, 1.807) is 12.1 Å². The van der Waals surface area contributed by atoms with Gasteiger partial charge in [-0.15, -0.1) is 0 Å². The summed E-state index contributed by atoms with van der Waals surface area (Å²) in [6, 6.07) is 7.81. The third kappa shape index (κ3) is 3.49. The van der Waals surface area contributed by atoms with Crippen LogP contribution in [0.5, 0.6) is 0 Å². The number of rotatable bonds is 4. The molecule has 1 unspecified atom stereocenters. The first kappa shape index (κ1) is 18.2. The highest BCUT2D eigenvalue weighted by molar-refractivity contribution is 7.90. The number of hydrogen-bond acceptors (Lipinski definition) is 5. The number of carbonyl (C=O) groups excluding carboxylic acids is 1. The summed E-state index contributed by atoms with van der Waals surface area (Å²) in [7, 11) is -3.80. The molecule has 1 fully saturated rings. The topological polar surface area (TPSA) is 106 Å². The molecule has 0 radical (unpaired) electrons. The van der Waals surface area contributed by atoms with Crippen LogP contribution in [0.4, 0.5) is 0 Å². The molecule has 1 saturated heterocycles. The largest absolute Gasteiger partial charge is 0.479 e. The van der Waals surface area contributed by atoms with Gasteiger partial charge in [-0.3, -0.25) is 4.79 Å². The zero-order valence-corrected chi connectivity index (χ0v) is 14.8. The van der Waals surface area contributed by atoms with E-state index in [4.69, 9.17) is 9.84 Å². The second kappa shape index (κ2) is 6.93. The van der Waals surface area contributed by atoms with Gasteiger partial charge < -0.3 is 14.7 Å². The molecule has 1 aromatic carbocycles. The maximum atomic E-state index is 12.6. The number of amides is 1. The summed E-state index contributed by atoms with van der Waals surface area (Å²) in [5.41, 5.74) is 1.11. The van der Waals surface area contributed by atoms with Gasteiger partial charge in [-0.2, -0.15) is 0 Å². The van der Waals surface area contributed by atoms with Crippen molar-refractivity contribution in [3.63, 3.8) is 0 Å². The second-order valence-corrected chi connectivity index (χ2v) is 7.84. The first-order valence-electron chi connectivity index (χ1n) is 7.93. The van der Waals surface area contributed by atoms with Gasteiger partial charge in [-0.25, -0.2) is 17.2 Å². The summed E-state index contributed by atoms with van der Waals surface area (Å²) in [6.07, 6.45) is 1.46. The summed E-state index contributed by atoms with van der Waals surface area (Å²) in [5.74, 6) is -1.57. The molecule has 1 amide bonds. The average Bonchev–Trinajstić information content (AvgIpc) is 3.12. The van der Waals surface area contributed by atoms with E-state index in [1.165, 1.54) is 35.5 Å². The van der Waals surface area contributed by atoms with E-state index in [9.17, 15) is 18.0 Å². The Morgan fingerprint density at radius 1 is 1.19 bits per heavy atom. The fraction of sp³-hybridized carbons (Fsp3) is 0.294. The maximum absolute atomic E-state index is 12.6. The van der Waals surface area contributed by atoms with Crippen molar-refractivity contribution in [3.8, 4) is 0 Å². The normalized spacial score (nSPS) is 17.9. The molecule has 138 valence electrons. The Morgan fingerprint density at radius 3 is 2.54 bits per heavy atom. The van der Waals surface area contributed by atoms with Crippen LogP contribution in [-0.2, 0) is 19.6 Å². The Kier molecular flexibility index (Phi) is 4.84. The predicted octanol–water partition coefficient (Wildman–Crippen LogP) is 0.959. The molecule has 1 aliphatic heterocycles. The Hall–Kier alpha value is -2.65. The first-order chi connectivity index (χ1) is 12.3. The first-order valence-corrected chi connectivity index (χ1v) is 9.37. The van der Waals surface area contributed by atoms with Crippen LogP contribution in [-0.4, -0.2) is 60.1 Å². The number of nitrogens with zero attached hydrogens (tertiary/aromatic N) is 2. The highest BCUT2D eigenvalue weighted by atomic mass is 32.2. The van der Waals surface area contributed by atoms with Crippen LogP contribution >= 0.6 is 0 Å². The number of hydrogen-bond donors (Lipinski definition) is 1. The van der Waals surface area contributed by atoms with Crippen LogP contribution < -0.4 is 0 Å². The zero-order valence-electron chi connectivity index (χ0n) is 14.0. The highest BCUT2D eigenvalue weighted by Crippen LogP contribution is 2.17. The van der Waals surface area contributed by atoms with Crippen molar-refractivity contribution in [2.45, 2.75) is 17.9 Å². The van der Waals surface area contributed by atoms with E-state index < -0.39 is 28.0 Å². The molecular weight excluding hydrogens is 360 g/mol. The van der Waals surface area contributed by atoms with E-state index in [1.807, 2.05) is 6.92 Å². The lowest BCUT2D eigenvalue weighted by molar-refractivity contribution is -0.154. The van der Waals surface area contributed by atoms with Gasteiger partial charge in [-0.1, -0.05) is 17.7 Å². The number of aryl methyl sites for hydroxylation is 1. The van der Waals surface area contributed by atoms with Gasteiger partial charge in [0.1, 0.15) is 0 Å². The van der Waals surface area contributed by atoms with E-state index >= 15 is 0 Å². The summed E-state index contributed by atoms with van der Waals surface area (Å²) in [4.78, 5) is 25.1. The fourth-order valence-corrected chi connectivity index (χ4v) is 3.85. The minimum absolute atomic E-state index is 0.0793. The molecule has 9 heteroatoms. The SMILES string of the molecule is Cc1ccc(S(=O)(=O)n2ccc(C(=O)N3CCOC(C(=O)O)C3)c2)cc1. The summed E-state index contributed by atoms with van der Waals surface area (Å²) < 4.78 is 31.4. The lowest BCUT2D eigenvalue weighted by Crippen LogP contribution is -2.48. The molecule has 0 saturated carbocycles. The van der Waals surface area contributed by atoms with Gasteiger partial charge in [0.2, 0.25) is 0 Å². The molecule has 0 aliphatic carbocycles. The predicted molar refractivity (Wildman–Crippen MR) is 91.5 cm³/mol. The molecule has 3 rings (SSSR count). The molecule has 2 aromatic rings. The second-order valence-electron chi connectivity index (χ2n) is 6.00. The summed E-state index contributed by atoms with van der Waals surface area (Å²) in [6.45, 7) is 2.14. The van der Waals surface area contributed by atoms with Crippen LogP contribution in [0.3, 0.4) is 0 Å². The van der Waals surface area contributed by atoms with Crippen LogP contribution in [0.15, 0.2) is 47.6 Å². The van der Waals surface area contributed by atoms with Gasteiger partial charge in [0, 0.05) is 18.9 Å². The Labute approximate surface area is 150 Å². The van der Waals surface area contributed by atoms with Crippen molar-refractivity contribution in [3.05, 3.63) is 53.9 Å². The van der Waals surface area contributed by atoms with Crippen molar-refractivity contribution >= 4 is 21.9 Å². The number of carbonyl (C=O) groups is 2. The summed E-state index contributed by atoms with van der Waals surface area (Å²) in [5, 5.41) is 9.02. The molecule has 0 bridgehead atoms. The molecule has 2 heterocycles. The lowest BCUT2D eigenvalue weighted by Gasteiger charge is -2.30. The van der Waals surface area contributed by atoms with E-state index in [-0.39, 0.29) is 30.2 Å². The number of benzene rings is 1. The number of morpholine rings is 1. The van der Waals surface area contributed by atoms with Gasteiger partial charge in [0.05, 0.1) is 23.6 Å². The van der Waals surface area contributed by atoms with E-state index in [0.29, 0.717) is 0 Å². The molecule has 1 aliphatic rings. The Morgan fingerprint density at radius 2 is 1.88 bits per heavy atom. The van der Waals surface area contributed by atoms with Crippen molar-refractivity contribution in [1.29, 1.82) is 0 Å². The maximum Gasteiger partial charge on any atom is 0.334 e.